The van der Waals surface area contributed by atoms with E-state index in [-0.39, 0.29) is 6.10 Å². The first-order chi connectivity index (χ1) is 10.2. The van der Waals surface area contributed by atoms with Crippen molar-refractivity contribution in [3.8, 4) is 5.75 Å². The van der Waals surface area contributed by atoms with Crippen molar-refractivity contribution in [2.45, 2.75) is 25.5 Å². The van der Waals surface area contributed by atoms with Crippen molar-refractivity contribution in [1.82, 2.24) is 5.32 Å². The maximum atomic E-state index is 6.21. The maximum absolute atomic E-state index is 6.21. The summed E-state index contributed by atoms with van der Waals surface area (Å²) in [6, 6.07) is 14.6. The number of nitrogens with one attached hydrogen (secondary N) is 1. The van der Waals surface area contributed by atoms with Gasteiger partial charge in [0.2, 0.25) is 0 Å². The van der Waals surface area contributed by atoms with E-state index in [9.17, 15) is 0 Å². The molecule has 2 aromatic carbocycles. The molecule has 2 nitrogen and oxygen atoms in total. The smallest absolute Gasteiger partial charge is 0.126 e. The normalized spacial score (nSPS) is 20.7. The second-order valence-electron chi connectivity index (χ2n) is 5.16. The molecule has 1 aliphatic rings. The molecule has 4 heteroatoms. The lowest BCUT2D eigenvalue weighted by Gasteiger charge is -2.33. The first kappa shape index (κ1) is 14.9. The third-order valence-electron chi connectivity index (χ3n) is 3.78. The quantitative estimate of drug-likeness (QED) is 0.798. The van der Waals surface area contributed by atoms with Crippen molar-refractivity contribution in [3.05, 3.63) is 63.1 Å². The van der Waals surface area contributed by atoms with Crippen molar-refractivity contribution in [2.24, 2.45) is 0 Å². The lowest BCUT2D eigenvalue weighted by Crippen LogP contribution is -2.28. The summed E-state index contributed by atoms with van der Waals surface area (Å²) in [5.41, 5.74) is 2.35. The monoisotopic (exact) mass is 365 g/mol. The molecule has 2 unspecified atom stereocenters. The fourth-order valence-electron chi connectivity index (χ4n) is 2.77. The van der Waals surface area contributed by atoms with E-state index in [0.717, 1.165) is 33.8 Å². The summed E-state index contributed by atoms with van der Waals surface area (Å²) in [5.74, 6) is 0.957. The molecule has 0 fully saturated rings. The molecule has 0 amide bonds. The van der Waals surface area contributed by atoms with Gasteiger partial charge < -0.3 is 10.1 Å². The van der Waals surface area contributed by atoms with Crippen LogP contribution < -0.4 is 10.1 Å². The Morgan fingerprint density at radius 2 is 2.10 bits per heavy atom. The van der Waals surface area contributed by atoms with E-state index in [0.29, 0.717) is 6.04 Å². The Labute approximate surface area is 138 Å². The summed E-state index contributed by atoms with van der Waals surface area (Å²) < 4.78 is 7.09. The summed E-state index contributed by atoms with van der Waals surface area (Å²) in [7, 11) is 0. The molecular weight excluding hydrogens is 350 g/mol. The van der Waals surface area contributed by atoms with Crippen LogP contribution in [0.1, 0.15) is 36.6 Å². The molecule has 2 aromatic rings. The SMILES string of the molecule is CCNC1CC(c2ccc(Br)c(Cl)c2)Oc2ccccc21. The van der Waals surface area contributed by atoms with Gasteiger partial charge in [0.05, 0.1) is 5.02 Å². The van der Waals surface area contributed by atoms with Gasteiger partial charge in [-0.15, -0.1) is 0 Å². The number of rotatable bonds is 3. The molecule has 110 valence electrons. The molecule has 1 heterocycles. The highest BCUT2D eigenvalue weighted by Gasteiger charge is 2.28. The van der Waals surface area contributed by atoms with Crippen LogP contribution >= 0.6 is 27.5 Å². The van der Waals surface area contributed by atoms with Crippen molar-refractivity contribution in [1.29, 1.82) is 0 Å². The van der Waals surface area contributed by atoms with Gasteiger partial charge in [0.15, 0.2) is 0 Å². The van der Waals surface area contributed by atoms with E-state index in [1.165, 1.54) is 5.56 Å². The van der Waals surface area contributed by atoms with Crippen LogP contribution in [-0.2, 0) is 0 Å². The van der Waals surface area contributed by atoms with Crippen LogP contribution in [-0.4, -0.2) is 6.54 Å². The summed E-state index contributed by atoms with van der Waals surface area (Å²) in [6.07, 6.45) is 0.928. The number of halogens is 2. The molecular formula is C17H17BrClNO. The van der Waals surface area contributed by atoms with E-state index in [2.05, 4.69) is 46.4 Å². The Kier molecular flexibility index (Phi) is 4.53. The number of benzene rings is 2. The van der Waals surface area contributed by atoms with Crippen molar-refractivity contribution >= 4 is 27.5 Å². The number of hydrogen-bond acceptors (Lipinski definition) is 2. The minimum Gasteiger partial charge on any atom is -0.485 e. The Balaban J connectivity index is 1.93. The van der Waals surface area contributed by atoms with Gasteiger partial charge in [-0.3, -0.25) is 0 Å². The Morgan fingerprint density at radius 1 is 1.29 bits per heavy atom. The molecule has 0 bridgehead atoms. The molecule has 3 rings (SSSR count). The standard InChI is InChI=1S/C17H17BrClNO/c1-2-20-15-10-17(11-7-8-13(18)14(19)9-11)21-16-6-4-3-5-12(15)16/h3-9,15,17,20H,2,10H2,1H3. The van der Waals surface area contributed by atoms with Gasteiger partial charge in [-0.2, -0.15) is 0 Å². The van der Waals surface area contributed by atoms with Gasteiger partial charge in [-0.25, -0.2) is 0 Å². The summed E-state index contributed by atoms with van der Waals surface area (Å²) >= 11 is 9.64. The molecule has 2 atom stereocenters. The molecule has 1 aliphatic heterocycles. The molecule has 0 spiro atoms. The largest absolute Gasteiger partial charge is 0.485 e. The average molecular weight is 367 g/mol. The van der Waals surface area contributed by atoms with Crippen molar-refractivity contribution in [3.63, 3.8) is 0 Å². The zero-order valence-electron chi connectivity index (χ0n) is 11.8. The molecule has 0 aromatic heterocycles. The zero-order chi connectivity index (χ0) is 14.8. The lowest BCUT2D eigenvalue weighted by atomic mass is 9.93. The second kappa shape index (κ2) is 6.39. The summed E-state index contributed by atoms with van der Waals surface area (Å²) in [6.45, 7) is 3.07. The van der Waals surface area contributed by atoms with E-state index < -0.39 is 0 Å². The highest BCUT2D eigenvalue weighted by atomic mass is 79.9. The van der Waals surface area contributed by atoms with Crippen LogP contribution in [0.3, 0.4) is 0 Å². The van der Waals surface area contributed by atoms with E-state index in [1.54, 1.807) is 0 Å². The molecule has 21 heavy (non-hydrogen) atoms. The van der Waals surface area contributed by atoms with Crippen LogP contribution in [0, 0.1) is 0 Å². The summed E-state index contributed by atoms with van der Waals surface area (Å²) in [4.78, 5) is 0. The van der Waals surface area contributed by atoms with E-state index in [1.807, 2.05) is 24.3 Å². The number of para-hydroxylation sites is 1. The predicted molar refractivity (Wildman–Crippen MR) is 90.0 cm³/mol. The predicted octanol–water partition coefficient (Wildman–Crippen LogP) is 5.28. The van der Waals surface area contributed by atoms with Gasteiger partial charge in [-0.1, -0.05) is 42.8 Å². The van der Waals surface area contributed by atoms with Crippen LogP contribution in [0.5, 0.6) is 5.75 Å². The minimum atomic E-state index is 0.0227. The molecule has 0 saturated carbocycles. The number of fused-ring (bicyclic) bond motifs is 1. The third-order valence-corrected chi connectivity index (χ3v) is 5.01. The van der Waals surface area contributed by atoms with Gasteiger partial charge in [0.25, 0.3) is 0 Å². The van der Waals surface area contributed by atoms with Gasteiger partial charge in [-0.05, 0) is 46.2 Å². The lowest BCUT2D eigenvalue weighted by molar-refractivity contribution is 0.152. The highest BCUT2D eigenvalue weighted by Crippen LogP contribution is 2.41. The average Bonchev–Trinajstić information content (AvgIpc) is 2.50. The van der Waals surface area contributed by atoms with Crippen LogP contribution in [0.15, 0.2) is 46.9 Å². The first-order valence-electron chi connectivity index (χ1n) is 7.13. The summed E-state index contributed by atoms with van der Waals surface area (Å²) in [5, 5.41) is 4.26. The minimum absolute atomic E-state index is 0.0227. The maximum Gasteiger partial charge on any atom is 0.126 e. The Morgan fingerprint density at radius 3 is 2.86 bits per heavy atom. The fraction of sp³-hybridized carbons (Fsp3) is 0.294. The topological polar surface area (TPSA) is 21.3 Å². The second-order valence-corrected chi connectivity index (χ2v) is 6.43. The van der Waals surface area contributed by atoms with Crippen LogP contribution in [0.4, 0.5) is 0 Å². The molecule has 1 N–H and O–H groups in total. The van der Waals surface area contributed by atoms with Crippen molar-refractivity contribution < 1.29 is 4.74 Å². The van der Waals surface area contributed by atoms with E-state index >= 15 is 0 Å². The van der Waals surface area contributed by atoms with Gasteiger partial charge in [0.1, 0.15) is 11.9 Å². The molecule has 0 aliphatic carbocycles. The van der Waals surface area contributed by atoms with E-state index in [4.69, 9.17) is 16.3 Å². The molecule has 0 radical (unpaired) electrons. The Hall–Kier alpha value is -1.03. The highest BCUT2D eigenvalue weighted by molar-refractivity contribution is 9.10. The fourth-order valence-corrected chi connectivity index (χ4v) is 3.21. The van der Waals surface area contributed by atoms with Gasteiger partial charge in [0, 0.05) is 22.5 Å². The molecule has 0 saturated heterocycles. The van der Waals surface area contributed by atoms with Crippen LogP contribution in [0.2, 0.25) is 5.02 Å². The number of ether oxygens (including phenoxy) is 1. The van der Waals surface area contributed by atoms with Crippen LogP contribution in [0.25, 0.3) is 0 Å². The Bertz CT molecular complexity index is 646. The van der Waals surface area contributed by atoms with Gasteiger partial charge >= 0.3 is 0 Å². The first-order valence-corrected chi connectivity index (χ1v) is 8.30. The van der Waals surface area contributed by atoms with Crippen molar-refractivity contribution in [2.75, 3.05) is 6.54 Å². The third kappa shape index (κ3) is 3.10. The zero-order valence-corrected chi connectivity index (χ0v) is 14.1. The number of hydrogen-bond donors (Lipinski definition) is 1.